The van der Waals surface area contributed by atoms with E-state index in [-0.39, 0.29) is 23.6 Å². The molecule has 1 saturated heterocycles. The molecule has 2 aliphatic rings. The standard InChI is InChI=1S/C29H34F3NO6/c1-16(34)33-23-11-6-5-10-21(23)20-13-12-19(15-22(20)17-8-7-9-18(14-17)29(30,31)32)38-27-25(36)24(35)26(37-4)28(2,3)39-27/h5-9,12-15,21,23-27,35-36H,10-11H2,1-4H3,(H,33,34)/t21?,23?,24-,25+,26?,27-/m0/s1. The van der Waals surface area contributed by atoms with E-state index in [2.05, 4.69) is 5.32 Å². The second kappa shape index (κ2) is 11.3. The lowest BCUT2D eigenvalue weighted by Crippen LogP contribution is -2.63. The summed E-state index contributed by atoms with van der Waals surface area (Å²) in [5.41, 5.74) is -0.224. The molecule has 7 nitrogen and oxygen atoms in total. The van der Waals surface area contributed by atoms with Crippen LogP contribution in [0, 0.1) is 0 Å². The minimum Gasteiger partial charge on any atom is -0.462 e. The van der Waals surface area contributed by atoms with Gasteiger partial charge in [-0.25, -0.2) is 0 Å². The van der Waals surface area contributed by atoms with Crippen molar-refractivity contribution in [3.8, 4) is 16.9 Å². The normalized spacial score (nSPS) is 28.6. The van der Waals surface area contributed by atoms with Gasteiger partial charge < -0.3 is 29.7 Å². The summed E-state index contributed by atoms with van der Waals surface area (Å²) in [6, 6.07) is 9.79. The van der Waals surface area contributed by atoms with Gasteiger partial charge in [0.1, 0.15) is 24.1 Å². The highest BCUT2D eigenvalue weighted by molar-refractivity contribution is 5.74. The molecule has 2 aromatic carbocycles. The highest BCUT2D eigenvalue weighted by Gasteiger charge is 2.50. The van der Waals surface area contributed by atoms with Gasteiger partial charge in [0, 0.05) is 26.0 Å². The van der Waals surface area contributed by atoms with Crippen molar-refractivity contribution in [3.63, 3.8) is 0 Å². The molecular weight excluding hydrogens is 515 g/mol. The van der Waals surface area contributed by atoms with Gasteiger partial charge >= 0.3 is 6.18 Å². The fraction of sp³-hybridized carbons (Fsp3) is 0.483. The number of nitrogens with one attached hydrogen (secondary N) is 1. The van der Waals surface area contributed by atoms with E-state index < -0.39 is 41.9 Å². The lowest BCUT2D eigenvalue weighted by atomic mass is 9.80. The predicted molar refractivity (Wildman–Crippen MR) is 138 cm³/mol. The molecule has 0 aromatic heterocycles. The van der Waals surface area contributed by atoms with E-state index in [1.54, 1.807) is 38.1 Å². The summed E-state index contributed by atoms with van der Waals surface area (Å²) in [4.78, 5) is 11.9. The van der Waals surface area contributed by atoms with Crippen LogP contribution >= 0.6 is 0 Å². The number of carbonyl (C=O) groups excluding carboxylic acids is 1. The number of allylic oxidation sites excluding steroid dienone is 1. The van der Waals surface area contributed by atoms with Crippen molar-refractivity contribution in [1.82, 2.24) is 5.32 Å². The average Bonchev–Trinajstić information content (AvgIpc) is 2.87. The Morgan fingerprint density at radius 2 is 1.79 bits per heavy atom. The molecule has 0 radical (unpaired) electrons. The van der Waals surface area contributed by atoms with Crippen LogP contribution in [0.15, 0.2) is 54.6 Å². The number of amides is 1. The summed E-state index contributed by atoms with van der Waals surface area (Å²) in [5.74, 6) is -0.159. The Bertz CT molecular complexity index is 1210. The molecule has 6 atom stereocenters. The number of halogens is 3. The fourth-order valence-electron chi connectivity index (χ4n) is 5.46. The van der Waals surface area contributed by atoms with Crippen LogP contribution in [0.4, 0.5) is 13.2 Å². The summed E-state index contributed by atoms with van der Waals surface area (Å²) in [5, 5.41) is 24.2. The first kappa shape index (κ1) is 29.1. The zero-order valence-corrected chi connectivity index (χ0v) is 22.2. The van der Waals surface area contributed by atoms with Gasteiger partial charge in [-0.3, -0.25) is 4.79 Å². The quantitative estimate of drug-likeness (QED) is 0.457. The lowest BCUT2D eigenvalue weighted by Gasteiger charge is -2.46. The molecular formula is C29H34F3NO6. The van der Waals surface area contributed by atoms with Crippen molar-refractivity contribution < 1.29 is 42.4 Å². The van der Waals surface area contributed by atoms with Crippen LogP contribution in [0.3, 0.4) is 0 Å². The van der Waals surface area contributed by atoms with Crippen LogP contribution < -0.4 is 10.1 Å². The van der Waals surface area contributed by atoms with Crippen LogP contribution in [-0.4, -0.2) is 59.5 Å². The van der Waals surface area contributed by atoms with Gasteiger partial charge in [-0.05, 0) is 67.6 Å². The molecule has 2 aromatic rings. The number of ether oxygens (including phenoxy) is 3. The second-order valence-corrected chi connectivity index (χ2v) is 10.5. The smallest absolute Gasteiger partial charge is 0.416 e. The van der Waals surface area contributed by atoms with Gasteiger partial charge in [0.15, 0.2) is 0 Å². The van der Waals surface area contributed by atoms with E-state index >= 15 is 0 Å². The van der Waals surface area contributed by atoms with E-state index in [1.165, 1.54) is 20.1 Å². The molecule has 39 heavy (non-hydrogen) atoms. The Balaban J connectivity index is 1.76. The molecule has 1 heterocycles. The van der Waals surface area contributed by atoms with Crippen molar-refractivity contribution in [2.45, 2.75) is 82.0 Å². The number of aliphatic hydroxyl groups excluding tert-OH is 2. The third kappa shape index (κ3) is 6.30. The number of alkyl halides is 3. The Hall–Kier alpha value is -2.92. The van der Waals surface area contributed by atoms with Crippen molar-refractivity contribution in [2.24, 2.45) is 0 Å². The SMILES string of the molecule is COC1[C@@H](O)[C@@H](O)[C@@H](Oc2ccc(C3CC=CCC3NC(C)=O)c(-c3cccc(C(F)(F)F)c3)c2)OC1(C)C. The first-order valence-corrected chi connectivity index (χ1v) is 12.8. The number of hydrogen-bond donors (Lipinski definition) is 3. The second-order valence-electron chi connectivity index (χ2n) is 10.5. The first-order chi connectivity index (χ1) is 18.3. The average molecular weight is 550 g/mol. The Labute approximate surface area is 225 Å². The van der Waals surface area contributed by atoms with E-state index in [9.17, 15) is 28.2 Å². The summed E-state index contributed by atoms with van der Waals surface area (Å²) in [7, 11) is 1.40. The van der Waals surface area contributed by atoms with Gasteiger partial charge in [-0.1, -0.05) is 30.4 Å². The Morgan fingerprint density at radius 1 is 1.08 bits per heavy atom. The number of rotatable bonds is 6. The third-order valence-electron chi connectivity index (χ3n) is 7.30. The van der Waals surface area contributed by atoms with Gasteiger partial charge in [0.25, 0.3) is 0 Å². The van der Waals surface area contributed by atoms with E-state index in [0.29, 0.717) is 24.0 Å². The third-order valence-corrected chi connectivity index (χ3v) is 7.30. The summed E-state index contributed by atoms with van der Waals surface area (Å²) < 4.78 is 57.9. The Morgan fingerprint density at radius 3 is 2.46 bits per heavy atom. The lowest BCUT2D eigenvalue weighted by molar-refractivity contribution is -0.305. The zero-order valence-electron chi connectivity index (χ0n) is 22.2. The Kier molecular flexibility index (Phi) is 8.41. The maximum atomic E-state index is 13.6. The minimum absolute atomic E-state index is 0.195. The van der Waals surface area contributed by atoms with Gasteiger partial charge in [0.2, 0.25) is 12.2 Å². The molecule has 3 unspecified atom stereocenters. The van der Waals surface area contributed by atoms with Gasteiger partial charge in [-0.2, -0.15) is 13.2 Å². The number of methoxy groups -OCH3 is 1. The minimum atomic E-state index is -4.53. The topological polar surface area (TPSA) is 97.3 Å². The molecule has 1 aliphatic carbocycles. The first-order valence-electron chi connectivity index (χ1n) is 12.8. The monoisotopic (exact) mass is 549 g/mol. The summed E-state index contributed by atoms with van der Waals surface area (Å²) >= 11 is 0. The number of hydrogen-bond acceptors (Lipinski definition) is 6. The van der Waals surface area contributed by atoms with Gasteiger partial charge in [0.05, 0.1) is 11.2 Å². The van der Waals surface area contributed by atoms with E-state index in [1.807, 2.05) is 12.2 Å². The highest BCUT2D eigenvalue weighted by Crippen LogP contribution is 2.41. The number of carbonyl (C=O) groups is 1. The van der Waals surface area contributed by atoms with Gasteiger partial charge in [-0.15, -0.1) is 0 Å². The van der Waals surface area contributed by atoms with Crippen molar-refractivity contribution >= 4 is 5.91 Å². The number of benzene rings is 2. The number of aliphatic hydroxyl groups is 2. The molecule has 1 aliphatic heterocycles. The van der Waals surface area contributed by atoms with Crippen molar-refractivity contribution in [1.29, 1.82) is 0 Å². The molecule has 0 spiro atoms. The van der Waals surface area contributed by atoms with Crippen LogP contribution in [0.5, 0.6) is 5.75 Å². The maximum Gasteiger partial charge on any atom is 0.416 e. The fourth-order valence-corrected chi connectivity index (χ4v) is 5.46. The highest BCUT2D eigenvalue weighted by atomic mass is 19.4. The molecule has 212 valence electrons. The summed E-state index contributed by atoms with van der Waals surface area (Å²) in [6.45, 7) is 4.82. The van der Waals surface area contributed by atoms with Crippen molar-refractivity contribution in [2.75, 3.05) is 7.11 Å². The molecule has 3 N–H and O–H groups in total. The molecule has 1 amide bonds. The molecule has 1 fully saturated rings. The summed E-state index contributed by atoms with van der Waals surface area (Å²) in [6.07, 6.45) is -4.19. The van der Waals surface area contributed by atoms with Crippen LogP contribution in [-0.2, 0) is 20.4 Å². The van der Waals surface area contributed by atoms with E-state index in [0.717, 1.165) is 17.7 Å². The van der Waals surface area contributed by atoms with Crippen LogP contribution in [0.25, 0.3) is 11.1 Å². The molecule has 0 saturated carbocycles. The molecule has 4 rings (SSSR count). The van der Waals surface area contributed by atoms with E-state index in [4.69, 9.17) is 14.2 Å². The van der Waals surface area contributed by atoms with Crippen LogP contribution in [0.2, 0.25) is 0 Å². The van der Waals surface area contributed by atoms with Crippen molar-refractivity contribution in [3.05, 3.63) is 65.7 Å². The maximum absolute atomic E-state index is 13.6. The predicted octanol–water partition coefficient (Wildman–Crippen LogP) is 4.56. The van der Waals surface area contributed by atoms with Crippen LogP contribution in [0.1, 0.15) is 50.7 Å². The molecule has 0 bridgehead atoms. The zero-order chi connectivity index (χ0) is 28.5. The molecule has 10 heteroatoms. The largest absolute Gasteiger partial charge is 0.462 e.